The Morgan fingerprint density at radius 1 is 1.27 bits per heavy atom. The second-order valence-electron chi connectivity index (χ2n) is 10.3. The molecule has 1 saturated heterocycles. The molecule has 37 heavy (non-hydrogen) atoms. The maximum absolute atomic E-state index is 14.1. The van der Waals surface area contributed by atoms with E-state index in [1.807, 2.05) is 20.8 Å². The summed E-state index contributed by atoms with van der Waals surface area (Å²) < 4.78 is 19.5. The van der Waals surface area contributed by atoms with Crippen LogP contribution in [0.4, 0.5) is 10.1 Å². The molecule has 0 spiro atoms. The number of hydrogen-bond acceptors (Lipinski definition) is 6. The SMILES string of the molecule is CCOc1cc([C@H](C)NC(=O)c2cnc3c(C4CC4)nc(C)cc3c2N2CCN[C@H](C)CC2)ccc1F. The van der Waals surface area contributed by atoms with Crippen LogP contribution in [0.3, 0.4) is 0 Å². The number of hydrogen-bond donors (Lipinski definition) is 2. The van der Waals surface area contributed by atoms with Gasteiger partial charge in [0, 0.05) is 48.9 Å². The normalized spacial score (nSPS) is 18.9. The van der Waals surface area contributed by atoms with Crippen LogP contribution in [0.1, 0.15) is 79.3 Å². The summed E-state index contributed by atoms with van der Waals surface area (Å²) >= 11 is 0. The number of ether oxygens (including phenoxy) is 1. The number of anilines is 1. The van der Waals surface area contributed by atoms with Gasteiger partial charge < -0.3 is 20.3 Å². The van der Waals surface area contributed by atoms with E-state index in [1.54, 1.807) is 18.3 Å². The van der Waals surface area contributed by atoms with Crippen molar-refractivity contribution >= 4 is 22.5 Å². The van der Waals surface area contributed by atoms with Crippen LogP contribution < -0.4 is 20.3 Å². The van der Waals surface area contributed by atoms with Crippen molar-refractivity contribution in [2.75, 3.05) is 31.1 Å². The molecule has 5 rings (SSSR count). The molecule has 3 heterocycles. The van der Waals surface area contributed by atoms with Crippen LogP contribution >= 0.6 is 0 Å². The van der Waals surface area contributed by atoms with Crippen LogP contribution in [0.2, 0.25) is 0 Å². The Balaban J connectivity index is 1.54. The fourth-order valence-electron chi connectivity index (χ4n) is 5.14. The number of halogens is 1. The highest BCUT2D eigenvalue weighted by Crippen LogP contribution is 2.43. The number of nitrogens with zero attached hydrogens (tertiary/aromatic N) is 3. The zero-order valence-corrected chi connectivity index (χ0v) is 22.1. The van der Waals surface area contributed by atoms with Crippen molar-refractivity contribution in [3.05, 3.63) is 58.8 Å². The molecule has 1 aliphatic heterocycles. The van der Waals surface area contributed by atoms with Crippen molar-refractivity contribution in [1.82, 2.24) is 20.6 Å². The number of pyridine rings is 2. The fraction of sp³-hybridized carbons (Fsp3) is 0.483. The monoisotopic (exact) mass is 505 g/mol. The van der Waals surface area contributed by atoms with Gasteiger partial charge in [0.1, 0.15) is 0 Å². The third kappa shape index (κ3) is 5.39. The van der Waals surface area contributed by atoms with E-state index < -0.39 is 5.82 Å². The molecule has 7 nitrogen and oxygen atoms in total. The average Bonchev–Trinajstić information content (AvgIpc) is 3.73. The number of fused-ring (bicyclic) bond motifs is 1. The number of aromatic nitrogens is 2. The largest absolute Gasteiger partial charge is 0.491 e. The maximum Gasteiger partial charge on any atom is 0.255 e. The number of nitrogens with one attached hydrogen (secondary N) is 2. The highest BCUT2D eigenvalue weighted by atomic mass is 19.1. The van der Waals surface area contributed by atoms with Gasteiger partial charge in [0.15, 0.2) is 11.6 Å². The molecule has 3 aromatic rings. The van der Waals surface area contributed by atoms with E-state index in [0.29, 0.717) is 24.1 Å². The molecule has 196 valence electrons. The van der Waals surface area contributed by atoms with E-state index in [9.17, 15) is 9.18 Å². The van der Waals surface area contributed by atoms with Crippen molar-refractivity contribution < 1.29 is 13.9 Å². The first kappa shape index (κ1) is 25.4. The van der Waals surface area contributed by atoms with Gasteiger partial charge in [0.2, 0.25) is 0 Å². The van der Waals surface area contributed by atoms with Gasteiger partial charge >= 0.3 is 0 Å². The molecule has 0 bridgehead atoms. The molecule has 2 aromatic heterocycles. The van der Waals surface area contributed by atoms with E-state index in [-0.39, 0.29) is 17.7 Å². The molecule has 2 fully saturated rings. The van der Waals surface area contributed by atoms with Gasteiger partial charge in [-0.2, -0.15) is 0 Å². The number of carbonyl (C=O) groups excluding carboxylic acids is 1. The number of amides is 1. The smallest absolute Gasteiger partial charge is 0.255 e. The second-order valence-corrected chi connectivity index (χ2v) is 10.3. The average molecular weight is 506 g/mol. The zero-order valence-electron chi connectivity index (χ0n) is 22.1. The quantitative estimate of drug-likeness (QED) is 0.469. The summed E-state index contributed by atoms with van der Waals surface area (Å²) in [5.41, 5.74) is 5.14. The third-order valence-corrected chi connectivity index (χ3v) is 7.31. The molecule has 0 radical (unpaired) electrons. The molecular formula is C29H36FN5O2. The minimum atomic E-state index is -0.412. The fourth-order valence-corrected chi connectivity index (χ4v) is 5.14. The number of carbonyl (C=O) groups is 1. The van der Waals surface area contributed by atoms with Gasteiger partial charge in [0.05, 0.1) is 35.1 Å². The Labute approximate surface area is 217 Å². The summed E-state index contributed by atoms with van der Waals surface area (Å²) in [7, 11) is 0. The summed E-state index contributed by atoms with van der Waals surface area (Å²) in [5.74, 6) is 0.0266. The van der Waals surface area contributed by atoms with Gasteiger partial charge in [-0.15, -0.1) is 0 Å². The van der Waals surface area contributed by atoms with Gasteiger partial charge in [-0.1, -0.05) is 6.07 Å². The second kappa shape index (κ2) is 10.6. The molecule has 1 aromatic carbocycles. The predicted octanol–water partition coefficient (Wildman–Crippen LogP) is 5.03. The summed E-state index contributed by atoms with van der Waals surface area (Å²) in [6.45, 7) is 10.8. The van der Waals surface area contributed by atoms with Crippen LogP contribution in [0.25, 0.3) is 10.9 Å². The Morgan fingerprint density at radius 3 is 2.84 bits per heavy atom. The van der Waals surface area contributed by atoms with Crippen LogP contribution in [-0.2, 0) is 0 Å². The Bertz CT molecular complexity index is 1310. The Kier molecular flexibility index (Phi) is 7.29. The van der Waals surface area contributed by atoms with Gasteiger partial charge in [-0.3, -0.25) is 14.8 Å². The van der Waals surface area contributed by atoms with Crippen molar-refractivity contribution in [3.8, 4) is 5.75 Å². The van der Waals surface area contributed by atoms with Crippen LogP contribution in [0.15, 0.2) is 30.5 Å². The van der Waals surface area contributed by atoms with Crippen molar-refractivity contribution in [1.29, 1.82) is 0 Å². The number of aryl methyl sites for hydroxylation is 1. The van der Waals surface area contributed by atoms with E-state index in [0.717, 1.165) is 72.4 Å². The molecule has 1 saturated carbocycles. The minimum Gasteiger partial charge on any atom is -0.491 e. The lowest BCUT2D eigenvalue weighted by molar-refractivity contribution is 0.0940. The van der Waals surface area contributed by atoms with Crippen LogP contribution in [-0.4, -0.2) is 48.2 Å². The first-order valence-corrected chi connectivity index (χ1v) is 13.4. The molecule has 1 aliphatic carbocycles. The van der Waals surface area contributed by atoms with Crippen molar-refractivity contribution in [2.24, 2.45) is 0 Å². The highest BCUT2D eigenvalue weighted by molar-refractivity contribution is 6.08. The lowest BCUT2D eigenvalue weighted by Crippen LogP contribution is -2.33. The highest BCUT2D eigenvalue weighted by Gasteiger charge is 2.31. The molecule has 1 amide bonds. The van der Waals surface area contributed by atoms with Crippen molar-refractivity contribution in [2.45, 2.75) is 65.0 Å². The molecule has 0 unspecified atom stereocenters. The molecule has 2 aliphatic rings. The maximum atomic E-state index is 14.1. The summed E-state index contributed by atoms with van der Waals surface area (Å²) in [4.78, 5) is 25.7. The standard InChI is InChI=1S/C29H36FN5O2/c1-5-37-25-15-21(8-9-24(25)30)19(4)34-29(36)23-16-32-27-22(14-18(3)33-26(27)20-6-7-20)28(23)35-12-10-17(2)31-11-13-35/h8-9,14-17,19-20,31H,5-7,10-13H2,1-4H3,(H,34,36)/t17-,19+/m1/s1. The van der Waals surface area contributed by atoms with E-state index in [4.69, 9.17) is 14.7 Å². The lowest BCUT2D eigenvalue weighted by Gasteiger charge is -2.27. The molecule has 2 N–H and O–H groups in total. The minimum absolute atomic E-state index is 0.191. The Hall–Kier alpha value is -3.26. The Morgan fingerprint density at radius 2 is 2.08 bits per heavy atom. The summed E-state index contributed by atoms with van der Waals surface area (Å²) in [5, 5.41) is 7.66. The summed E-state index contributed by atoms with van der Waals surface area (Å²) in [6, 6.07) is 6.86. The predicted molar refractivity (Wildman–Crippen MR) is 144 cm³/mol. The van der Waals surface area contributed by atoms with Gasteiger partial charge in [-0.05, 0) is 70.7 Å². The number of benzene rings is 1. The first-order chi connectivity index (χ1) is 17.9. The van der Waals surface area contributed by atoms with E-state index in [1.165, 1.54) is 6.07 Å². The van der Waals surface area contributed by atoms with Gasteiger partial charge in [-0.25, -0.2) is 4.39 Å². The number of rotatable bonds is 7. The van der Waals surface area contributed by atoms with E-state index >= 15 is 0 Å². The zero-order chi connectivity index (χ0) is 26.1. The molecule has 8 heteroatoms. The van der Waals surface area contributed by atoms with Crippen LogP contribution in [0.5, 0.6) is 5.75 Å². The third-order valence-electron chi connectivity index (χ3n) is 7.31. The van der Waals surface area contributed by atoms with Crippen LogP contribution in [0, 0.1) is 12.7 Å². The molecule has 2 atom stereocenters. The van der Waals surface area contributed by atoms with E-state index in [2.05, 4.69) is 28.5 Å². The van der Waals surface area contributed by atoms with Gasteiger partial charge in [0.25, 0.3) is 5.91 Å². The first-order valence-electron chi connectivity index (χ1n) is 13.4. The summed E-state index contributed by atoms with van der Waals surface area (Å²) in [6.07, 6.45) is 4.96. The topological polar surface area (TPSA) is 79.4 Å². The molecular weight excluding hydrogens is 469 g/mol. The lowest BCUT2D eigenvalue weighted by atomic mass is 10.0. The van der Waals surface area contributed by atoms with Crippen molar-refractivity contribution in [3.63, 3.8) is 0 Å².